The van der Waals surface area contributed by atoms with E-state index in [1.54, 1.807) is 18.8 Å². The van der Waals surface area contributed by atoms with Gasteiger partial charge in [0.05, 0.1) is 13.0 Å². The maximum Gasteiger partial charge on any atom is 0.308 e. The SMILES string of the molecule is CN=C(NCc1ccc(SC)cc1)N1CCC(C(=O)OC)CC1. The van der Waals surface area contributed by atoms with Gasteiger partial charge in [-0.1, -0.05) is 12.1 Å². The van der Waals surface area contributed by atoms with Crippen LogP contribution in [0.2, 0.25) is 0 Å². The highest BCUT2D eigenvalue weighted by atomic mass is 32.2. The van der Waals surface area contributed by atoms with Crippen molar-refractivity contribution in [2.24, 2.45) is 10.9 Å². The number of rotatable bonds is 4. The Hall–Kier alpha value is -1.69. The van der Waals surface area contributed by atoms with Gasteiger partial charge in [0.15, 0.2) is 5.96 Å². The first-order valence-corrected chi connectivity index (χ1v) is 9.06. The molecule has 1 N–H and O–H groups in total. The summed E-state index contributed by atoms with van der Waals surface area (Å²) in [6, 6.07) is 8.53. The van der Waals surface area contributed by atoms with Crippen molar-refractivity contribution in [2.45, 2.75) is 24.3 Å². The zero-order valence-corrected chi connectivity index (χ0v) is 14.9. The van der Waals surface area contributed by atoms with Crippen LogP contribution in [0.15, 0.2) is 34.2 Å². The second-order valence-electron chi connectivity index (χ2n) is 5.53. The highest BCUT2D eigenvalue weighted by molar-refractivity contribution is 7.98. The largest absolute Gasteiger partial charge is 0.469 e. The summed E-state index contributed by atoms with van der Waals surface area (Å²) in [6.45, 7) is 2.40. The Morgan fingerprint density at radius 1 is 1.35 bits per heavy atom. The molecule has 1 aliphatic heterocycles. The number of aliphatic imine (C=N–C) groups is 1. The maximum atomic E-state index is 11.6. The zero-order chi connectivity index (χ0) is 16.7. The Labute approximate surface area is 142 Å². The van der Waals surface area contributed by atoms with Crippen LogP contribution in [0.5, 0.6) is 0 Å². The molecule has 126 valence electrons. The van der Waals surface area contributed by atoms with Crippen molar-refractivity contribution in [1.29, 1.82) is 0 Å². The minimum Gasteiger partial charge on any atom is -0.469 e. The van der Waals surface area contributed by atoms with E-state index in [1.165, 1.54) is 17.6 Å². The highest BCUT2D eigenvalue weighted by Crippen LogP contribution is 2.19. The van der Waals surface area contributed by atoms with Gasteiger partial charge in [0.2, 0.25) is 0 Å². The summed E-state index contributed by atoms with van der Waals surface area (Å²) in [5, 5.41) is 3.40. The standard InChI is InChI=1S/C17H25N3O2S/c1-18-17(19-12-13-4-6-15(23-3)7-5-13)20-10-8-14(9-11-20)16(21)22-2/h4-7,14H,8-12H2,1-3H3,(H,18,19). The van der Waals surface area contributed by atoms with Crippen molar-refractivity contribution in [3.05, 3.63) is 29.8 Å². The molecule has 1 heterocycles. The number of likely N-dealkylation sites (tertiary alicyclic amines) is 1. The minimum atomic E-state index is -0.0959. The monoisotopic (exact) mass is 335 g/mol. The summed E-state index contributed by atoms with van der Waals surface area (Å²) in [7, 11) is 3.25. The van der Waals surface area contributed by atoms with Crippen LogP contribution in [-0.2, 0) is 16.1 Å². The Morgan fingerprint density at radius 3 is 2.52 bits per heavy atom. The molecule has 0 amide bonds. The van der Waals surface area contributed by atoms with Gasteiger partial charge in [0.25, 0.3) is 0 Å². The molecule has 6 heteroatoms. The van der Waals surface area contributed by atoms with E-state index < -0.39 is 0 Å². The number of nitrogens with one attached hydrogen (secondary N) is 1. The summed E-state index contributed by atoms with van der Waals surface area (Å²) in [4.78, 5) is 19.4. The smallest absolute Gasteiger partial charge is 0.308 e. The third kappa shape index (κ3) is 4.89. The fraction of sp³-hybridized carbons (Fsp3) is 0.529. The van der Waals surface area contributed by atoms with E-state index >= 15 is 0 Å². The summed E-state index contributed by atoms with van der Waals surface area (Å²) in [5.74, 6) is 0.817. The van der Waals surface area contributed by atoms with Gasteiger partial charge in [-0.25, -0.2) is 0 Å². The van der Waals surface area contributed by atoms with Gasteiger partial charge in [0, 0.05) is 31.6 Å². The Bertz CT molecular complexity index is 537. The number of hydrogen-bond donors (Lipinski definition) is 1. The molecule has 1 aliphatic rings. The molecule has 1 saturated heterocycles. The number of carbonyl (C=O) groups excluding carboxylic acids is 1. The molecular formula is C17H25N3O2S. The molecule has 0 aromatic heterocycles. The molecule has 0 aliphatic carbocycles. The molecule has 0 unspecified atom stereocenters. The van der Waals surface area contributed by atoms with E-state index in [9.17, 15) is 4.79 Å². The Kier molecular flexibility index (Phi) is 6.77. The molecule has 2 rings (SSSR count). The van der Waals surface area contributed by atoms with E-state index in [2.05, 4.69) is 45.7 Å². The summed E-state index contributed by atoms with van der Waals surface area (Å²) in [6.07, 6.45) is 3.71. The van der Waals surface area contributed by atoms with Gasteiger partial charge >= 0.3 is 5.97 Å². The average Bonchev–Trinajstić information content (AvgIpc) is 2.62. The van der Waals surface area contributed by atoms with E-state index in [4.69, 9.17) is 4.74 Å². The number of methoxy groups -OCH3 is 1. The average molecular weight is 335 g/mol. The Morgan fingerprint density at radius 2 is 2.00 bits per heavy atom. The fourth-order valence-corrected chi connectivity index (χ4v) is 3.16. The normalized spacial score (nSPS) is 16.3. The van der Waals surface area contributed by atoms with Gasteiger partial charge in [-0.05, 0) is 36.8 Å². The highest BCUT2D eigenvalue weighted by Gasteiger charge is 2.26. The lowest BCUT2D eigenvalue weighted by molar-refractivity contribution is -0.146. The molecule has 0 bridgehead atoms. The molecule has 0 saturated carbocycles. The van der Waals surface area contributed by atoms with Crippen LogP contribution in [0, 0.1) is 5.92 Å². The maximum absolute atomic E-state index is 11.6. The lowest BCUT2D eigenvalue weighted by Gasteiger charge is -2.33. The molecule has 23 heavy (non-hydrogen) atoms. The molecular weight excluding hydrogens is 310 g/mol. The number of carbonyl (C=O) groups is 1. The van der Waals surface area contributed by atoms with Crippen molar-refractivity contribution in [1.82, 2.24) is 10.2 Å². The fourth-order valence-electron chi connectivity index (χ4n) is 2.75. The van der Waals surface area contributed by atoms with Crippen molar-refractivity contribution < 1.29 is 9.53 Å². The summed E-state index contributed by atoms with van der Waals surface area (Å²) >= 11 is 1.74. The van der Waals surface area contributed by atoms with Crippen LogP contribution < -0.4 is 5.32 Å². The number of piperidine rings is 1. The van der Waals surface area contributed by atoms with Crippen LogP contribution in [0.3, 0.4) is 0 Å². The predicted molar refractivity (Wildman–Crippen MR) is 94.7 cm³/mol. The predicted octanol–water partition coefficient (Wildman–Crippen LogP) is 2.37. The number of hydrogen-bond acceptors (Lipinski definition) is 4. The number of esters is 1. The van der Waals surface area contributed by atoms with E-state index in [1.807, 2.05) is 0 Å². The van der Waals surface area contributed by atoms with Gasteiger partial charge < -0.3 is 15.0 Å². The molecule has 1 aromatic carbocycles. The first-order chi connectivity index (χ1) is 11.2. The Balaban J connectivity index is 1.85. The number of guanidine groups is 1. The summed E-state index contributed by atoms with van der Waals surface area (Å²) < 4.78 is 4.83. The zero-order valence-electron chi connectivity index (χ0n) is 14.0. The lowest BCUT2D eigenvalue weighted by atomic mass is 9.97. The van der Waals surface area contributed by atoms with E-state index in [-0.39, 0.29) is 11.9 Å². The van der Waals surface area contributed by atoms with Crippen LogP contribution in [-0.4, -0.2) is 50.3 Å². The molecule has 0 atom stereocenters. The quantitative estimate of drug-likeness (QED) is 0.396. The first-order valence-electron chi connectivity index (χ1n) is 7.84. The lowest BCUT2D eigenvalue weighted by Crippen LogP contribution is -2.46. The van der Waals surface area contributed by atoms with Gasteiger partial charge in [-0.2, -0.15) is 0 Å². The number of thioether (sulfide) groups is 1. The number of ether oxygens (including phenoxy) is 1. The van der Waals surface area contributed by atoms with Gasteiger partial charge in [-0.3, -0.25) is 9.79 Å². The van der Waals surface area contributed by atoms with Crippen molar-refractivity contribution in [2.75, 3.05) is 33.5 Å². The molecule has 1 fully saturated rings. The van der Waals surface area contributed by atoms with Gasteiger partial charge in [0.1, 0.15) is 0 Å². The summed E-state index contributed by atoms with van der Waals surface area (Å²) in [5.41, 5.74) is 1.23. The third-order valence-electron chi connectivity index (χ3n) is 4.15. The molecule has 5 nitrogen and oxygen atoms in total. The topological polar surface area (TPSA) is 53.9 Å². The number of nitrogens with zero attached hydrogens (tertiary/aromatic N) is 2. The molecule has 1 aromatic rings. The minimum absolute atomic E-state index is 0.0217. The van der Waals surface area contributed by atoms with Gasteiger partial charge in [-0.15, -0.1) is 11.8 Å². The second-order valence-corrected chi connectivity index (χ2v) is 6.41. The number of benzene rings is 1. The second kappa shape index (κ2) is 8.82. The van der Waals surface area contributed by atoms with Crippen LogP contribution in [0.4, 0.5) is 0 Å². The van der Waals surface area contributed by atoms with Crippen molar-refractivity contribution in [3.8, 4) is 0 Å². The first kappa shape index (κ1) is 17.7. The van der Waals surface area contributed by atoms with Crippen LogP contribution >= 0.6 is 11.8 Å². The molecule has 0 radical (unpaired) electrons. The third-order valence-corrected chi connectivity index (χ3v) is 4.89. The van der Waals surface area contributed by atoms with E-state index in [0.29, 0.717) is 0 Å². The molecule has 0 spiro atoms. The van der Waals surface area contributed by atoms with Crippen LogP contribution in [0.25, 0.3) is 0 Å². The van der Waals surface area contributed by atoms with Crippen molar-refractivity contribution >= 4 is 23.7 Å². The van der Waals surface area contributed by atoms with Crippen molar-refractivity contribution in [3.63, 3.8) is 0 Å². The van der Waals surface area contributed by atoms with Crippen LogP contribution in [0.1, 0.15) is 18.4 Å². The van der Waals surface area contributed by atoms with E-state index in [0.717, 1.165) is 38.4 Å².